The second-order valence-corrected chi connectivity index (χ2v) is 11.0. The van der Waals surface area contributed by atoms with Crippen molar-refractivity contribution < 1.29 is 0 Å². The van der Waals surface area contributed by atoms with E-state index in [1.54, 1.807) is 0 Å². The molecule has 0 fully saturated rings. The Labute approximate surface area is 168 Å². The highest BCUT2D eigenvalue weighted by atomic mass is 32.1. The summed E-state index contributed by atoms with van der Waals surface area (Å²) in [6.45, 7) is 0. The van der Waals surface area contributed by atoms with Gasteiger partial charge in [0.1, 0.15) is 0 Å². The number of nitrogens with one attached hydrogen (secondary N) is 1. The van der Waals surface area contributed by atoms with Crippen LogP contribution in [0.4, 0.5) is 0 Å². The van der Waals surface area contributed by atoms with Gasteiger partial charge in [-0.2, -0.15) is 23.9 Å². The topological polar surface area (TPSA) is 113 Å². The average Bonchev–Trinajstić information content (AvgIpc) is 2.48. The van der Waals surface area contributed by atoms with E-state index in [2.05, 4.69) is 146 Å². The minimum atomic E-state index is -3.37. The summed E-state index contributed by atoms with van der Waals surface area (Å²) in [5, 5.41) is 13.0. The van der Waals surface area contributed by atoms with E-state index in [-0.39, 0.29) is 0 Å². The van der Waals surface area contributed by atoms with Gasteiger partial charge in [0.25, 0.3) is 15.0 Å². The van der Waals surface area contributed by atoms with Crippen molar-refractivity contribution in [1.82, 2.24) is 9.28 Å². The predicted molar refractivity (Wildman–Crippen MR) is 119 cm³/mol. The molecule has 1 rings (SSSR count). The van der Waals surface area contributed by atoms with Gasteiger partial charge >= 0.3 is 12.7 Å². The molecule has 24 heavy (non-hydrogen) atoms. The Bertz CT molecular complexity index is 941. The molecule has 9 nitrogen and oxygen atoms in total. The highest BCUT2D eigenvalue weighted by Gasteiger charge is 2.46. The average molecular weight is 484 g/mol. The molecule has 1 aliphatic rings. The Balaban J connectivity index is 4.31. The van der Waals surface area contributed by atoms with Gasteiger partial charge < -0.3 is 0 Å². The van der Waals surface area contributed by atoms with E-state index in [0.717, 1.165) is 0 Å². The summed E-state index contributed by atoms with van der Waals surface area (Å²) in [4.78, 5) is 2.85. The Morgan fingerprint density at radius 1 is 0.667 bits per heavy atom. The lowest BCUT2D eigenvalue weighted by Crippen LogP contribution is -2.06. The Hall–Kier alpha value is -0.440. The maximum Gasteiger partial charge on any atom is 0.594 e. The lowest BCUT2D eigenvalue weighted by Gasteiger charge is -2.22. The summed E-state index contributed by atoms with van der Waals surface area (Å²) in [6, 6.07) is 0. The lowest BCUT2D eigenvalue weighted by molar-refractivity contribution is 1.36. The molecular weight excluding hydrogens is 483 g/mol. The fraction of sp³-hybridized carbons (Fsp3) is 0. The molecule has 1 aliphatic heterocycles. The molecule has 120 valence electrons. The molecule has 0 atom stereocenters. The van der Waals surface area contributed by atoms with Crippen LogP contribution in [0.1, 0.15) is 0 Å². The van der Waals surface area contributed by atoms with Crippen molar-refractivity contribution in [3.05, 3.63) is 0 Å². The highest BCUT2D eigenvalue weighted by molar-refractivity contribution is 7.89. The first-order valence-corrected chi connectivity index (χ1v) is 12.4. The Kier molecular flexibility index (Phi) is 8.90. The van der Waals surface area contributed by atoms with Gasteiger partial charge in [-0.15, -0.1) is 9.03 Å². The monoisotopic (exact) mass is 484 g/mol. The number of thiocarbonyl (C=S) groups is 6. The molecule has 0 aromatic rings. The van der Waals surface area contributed by atoms with Crippen molar-refractivity contribution in [3.63, 3.8) is 0 Å². The number of isothiocyanates is 6. The third kappa shape index (κ3) is 5.28. The van der Waals surface area contributed by atoms with Crippen LogP contribution in [0, 0.1) is 0 Å². The van der Waals surface area contributed by atoms with Crippen LogP contribution < -0.4 is 9.28 Å². The Morgan fingerprint density at radius 2 is 1.04 bits per heavy atom. The molecule has 0 saturated carbocycles. The third-order valence-electron chi connectivity index (χ3n) is 1.83. The second-order valence-electron chi connectivity index (χ2n) is 3.10. The first-order chi connectivity index (χ1) is 11.5. The SMILES string of the molecule is S=C=NP1(N=C=S)=NP(N=C=S)(=[N+]=C=S)N=P(N=C=S)(N=C=S)N1. The molecule has 0 aromatic heterocycles. The summed E-state index contributed by atoms with van der Waals surface area (Å²) in [7, 11) is -9.91. The molecule has 0 unspecified atom stereocenters. The summed E-state index contributed by atoms with van der Waals surface area (Å²) >= 11 is 27.8. The van der Waals surface area contributed by atoms with Gasteiger partial charge in [-0.05, 0) is 61.1 Å². The molecule has 0 aliphatic carbocycles. The van der Waals surface area contributed by atoms with Crippen molar-refractivity contribution in [1.29, 1.82) is 0 Å². The van der Waals surface area contributed by atoms with Gasteiger partial charge in [-0.25, -0.2) is 0 Å². The first kappa shape index (κ1) is 21.6. The van der Waals surface area contributed by atoms with Gasteiger partial charge in [0.2, 0.25) is 0 Å². The standard InChI is InChI=1S/C6HN9P3S6/c19-1-7-16(8-2-20)13-17(9-3-21,10-4-22)15-18(14-16,11-5-23)12-6-24/h13H/q+1. The lowest BCUT2D eigenvalue weighted by atomic mass is 11.8. The van der Waals surface area contributed by atoms with Gasteiger partial charge in [0.15, 0.2) is 0 Å². The molecule has 0 aromatic carbocycles. The van der Waals surface area contributed by atoms with Gasteiger partial charge in [0.05, 0.1) is 38.0 Å². The maximum atomic E-state index is 4.64. The zero-order valence-corrected chi connectivity index (χ0v) is 18.5. The van der Waals surface area contributed by atoms with Crippen molar-refractivity contribution in [2.75, 3.05) is 0 Å². The van der Waals surface area contributed by atoms with E-state index in [9.17, 15) is 0 Å². The van der Waals surface area contributed by atoms with E-state index < -0.39 is 22.5 Å². The molecule has 1 heterocycles. The van der Waals surface area contributed by atoms with E-state index >= 15 is 0 Å². The van der Waals surface area contributed by atoms with Crippen LogP contribution in [0.5, 0.6) is 0 Å². The molecule has 18 heteroatoms. The normalized spacial score (nSPS) is 29.7. The molecule has 0 spiro atoms. The Morgan fingerprint density at radius 3 is 1.33 bits per heavy atom. The van der Waals surface area contributed by atoms with Crippen LogP contribution in [-0.4, -0.2) is 31.0 Å². The summed E-state index contributed by atoms with van der Waals surface area (Å²) in [6.07, 6.45) is 0. The van der Waals surface area contributed by atoms with E-state index in [1.807, 2.05) is 0 Å². The molecular formula is C6HN9P3S6+. The van der Waals surface area contributed by atoms with Gasteiger partial charge in [-0.3, -0.25) is 0 Å². The van der Waals surface area contributed by atoms with Crippen LogP contribution in [-0.2, 0) is 0 Å². The minimum absolute atomic E-state index is 2.15. The van der Waals surface area contributed by atoms with Crippen LogP contribution in [0.3, 0.4) is 0 Å². The van der Waals surface area contributed by atoms with E-state index in [0.29, 0.717) is 0 Å². The molecule has 0 saturated heterocycles. The fourth-order valence-electron chi connectivity index (χ4n) is 1.23. The summed E-state index contributed by atoms with van der Waals surface area (Å²) < 4.78 is 32.2. The van der Waals surface area contributed by atoms with E-state index in [1.165, 1.54) is 0 Å². The van der Waals surface area contributed by atoms with Crippen LogP contribution >= 0.6 is 95.8 Å². The largest absolute Gasteiger partial charge is 0.594 e. The quantitative estimate of drug-likeness (QED) is 0.250. The zero-order chi connectivity index (χ0) is 18.1. The molecule has 0 radical (unpaired) electrons. The predicted octanol–water partition coefficient (Wildman–Crippen LogP) is 5.11. The highest BCUT2D eigenvalue weighted by Crippen LogP contribution is 2.76. The van der Waals surface area contributed by atoms with Crippen molar-refractivity contribution in [2.45, 2.75) is 0 Å². The smallest absolute Gasteiger partial charge is 0.173 e. The number of rotatable bonds is 5. The van der Waals surface area contributed by atoms with Crippen LogP contribution in [0.15, 0.2) is 32.8 Å². The zero-order valence-electron chi connectivity index (χ0n) is 10.9. The maximum absolute atomic E-state index is 4.64. The van der Waals surface area contributed by atoms with Gasteiger partial charge in [0, 0.05) is 4.42 Å². The number of nitrogens with zero attached hydrogens (tertiary/aromatic N) is 8. The second kappa shape index (κ2) is 9.89. The fourth-order valence-corrected chi connectivity index (χ4v) is 11.7. The summed E-state index contributed by atoms with van der Waals surface area (Å²) in [5.74, 6) is 0. The van der Waals surface area contributed by atoms with Crippen molar-refractivity contribution in [3.8, 4) is 0 Å². The minimum Gasteiger partial charge on any atom is -0.173 e. The molecule has 0 bridgehead atoms. The first-order valence-electron chi connectivity index (χ1n) is 5.01. The van der Waals surface area contributed by atoms with E-state index in [4.69, 9.17) is 0 Å². The number of hydrogen-bond donors (Lipinski definition) is 1. The van der Waals surface area contributed by atoms with Gasteiger partial charge in [-0.1, -0.05) is 4.76 Å². The van der Waals surface area contributed by atoms with Crippen LogP contribution in [0.25, 0.3) is 0 Å². The van der Waals surface area contributed by atoms with Crippen molar-refractivity contribution in [2.24, 2.45) is 32.8 Å². The van der Waals surface area contributed by atoms with Crippen molar-refractivity contribution >= 4 is 127 Å². The van der Waals surface area contributed by atoms with Crippen LogP contribution in [0.2, 0.25) is 0 Å². The third-order valence-corrected chi connectivity index (χ3v) is 11.5. The molecule has 0 amide bonds. The summed E-state index contributed by atoms with van der Waals surface area (Å²) in [5.41, 5.74) is 0. The number of hydrogen-bond acceptors (Lipinski definition) is 11. The molecule has 1 N–H and O–H groups in total.